The quantitative estimate of drug-likeness (QED) is 0.365. The molecule has 4 aromatic rings. The summed E-state index contributed by atoms with van der Waals surface area (Å²) in [6, 6.07) is 0. The Morgan fingerprint density at radius 3 is 2.76 bits per heavy atom. The maximum Gasteiger partial charge on any atom is 0.192 e. The lowest BCUT2D eigenvalue weighted by Crippen LogP contribution is -2.49. The zero-order valence-corrected chi connectivity index (χ0v) is 21.2. The molecule has 1 fully saturated rings. The molecule has 0 amide bonds. The number of piperazine rings is 1. The number of aromatic amines is 1. The van der Waals surface area contributed by atoms with Crippen molar-refractivity contribution in [2.45, 2.75) is 39.8 Å². The summed E-state index contributed by atoms with van der Waals surface area (Å²) in [5, 5.41) is 18.1. The minimum absolute atomic E-state index is 0.299. The number of hydrogen-bond donors (Lipinski definition) is 3. The first-order chi connectivity index (χ1) is 16.3. The summed E-state index contributed by atoms with van der Waals surface area (Å²) in [5.74, 6) is 0.299. The van der Waals surface area contributed by atoms with Crippen molar-refractivity contribution in [3.05, 3.63) is 41.5 Å². The highest BCUT2D eigenvalue weighted by atomic mass is 32.1. The van der Waals surface area contributed by atoms with E-state index in [4.69, 9.17) is 4.98 Å². The highest BCUT2D eigenvalue weighted by molar-refractivity contribution is 7.22. The van der Waals surface area contributed by atoms with E-state index in [-0.39, 0.29) is 0 Å². The molecule has 3 N–H and O–H groups in total. The van der Waals surface area contributed by atoms with Crippen molar-refractivity contribution < 1.29 is 5.11 Å². The van der Waals surface area contributed by atoms with E-state index in [0.717, 1.165) is 56.7 Å². The highest BCUT2D eigenvalue weighted by Gasteiger charge is 2.27. The van der Waals surface area contributed by atoms with E-state index in [1.54, 1.807) is 24.7 Å². The van der Waals surface area contributed by atoms with Crippen molar-refractivity contribution in [1.29, 1.82) is 0 Å². The molecule has 0 bridgehead atoms. The van der Waals surface area contributed by atoms with Crippen LogP contribution in [0.1, 0.15) is 36.5 Å². The Hall–Kier alpha value is -2.79. The monoisotopic (exact) mass is 480 g/mol. The van der Waals surface area contributed by atoms with Gasteiger partial charge in [-0.3, -0.25) is 10.2 Å². The Kier molecular flexibility index (Phi) is 5.93. The average molecular weight is 481 g/mol. The number of rotatable bonds is 6. The molecule has 0 aliphatic carbocycles. The van der Waals surface area contributed by atoms with Crippen molar-refractivity contribution in [3.8, 4) is 11.3 Å². The number of pyridine rings is 1. The number of β-amino-alcohol motifs (C(OH)–C–C–N with tert-alkyl or cyclic N) is 1. The molecule has 1 saturated heterocycles. The molecule has 0 spiro atoms. The van der Waals surface area contributed by atoms with E-state index in [1.807, 2.05) is 4.52 Å². The van der Waals surface area contributed by atoms with Gasteiger partial charge in [-0.05, 0) is 37.9 Å². The van der Waals surface area contributed by atoms with Crippen molar-refractivity contribution in [2.75, 3.05) is 38.1 Å². The Balaban J connectivity index is 1.51. The number of aliphatic hydroxyl groups is 1. The second kappa shape index (κ2) is 8.77. The number of hydrogen-bond acceptors (Lipinski definition) is 8. The Labute approximate surface area is 203 Å². The Bertz CT molecular complexity index is 1370. The van der Waals surface area contributed by atoms with Crippen LogP contribution < -0.4 is 10.2 Å². The van der Waals surface area contributed by atoms with Crippen LogP contribution in [0.2, 0.25) is 0 Å². The van der Waals surface area contributed by atoms with Crippen LogP contribution in [0.3, 0.4) is 0 Å². The molecule has 1 unspecified atom stereocenters. The summed E-state index contributed by atoms with van der Waals surface area (Å²) in [6.07, 6.45) is 3.13. The fourth-order valence-electron chi connectivity index (χ4n) is 4.76. The summed E-state index contributed by atoms with van der Waals surface area (Å²) >= 11 is 1.67. The fraction of sp³-hybridized carbons (Fsp3) is 0.458. The standard InChI is InChI=1S/C24H32N8OS/c1-13(2)19-20(17-10-32-22(26-12-27-32)16(5)15(17)4)28-23-21(19)29-24(34-23)31-8-7-30(9-14(31)3)11-18(33)25-6/h10,12-13,18,25,28,33H,3,7-9,11H2,1-2,4-6H3. The van der Waals surface area contributed by atoms with Crippen LogP contribution in [0.5, 0.6) is 0 Å². The van der Waals surface area contributed by atoms with Gasteiger partial charge in [0.2, 0.25) is 0 Å². The molecule has 10 heteroatoms. The van der Waals surface area contributed by atoms with E-state index in [1.165, 1.54) is 11.1 Å². The van der Waals surface area contributed by atoms with Crippen LogP contribution in [0, 0.1) is 13.8 Å². The summed E-state index contributed by atoms with van der Waals surface area (Å²) in [4.78, 5) is 18.7. The van der Waals surface area contributed by atoms with Crippen LogP contribution in [0.25, 0.3) is 27.3 Å². The summed E-state index contributed by atoms with van der Waals surface area (Å²) < 4.78 is 1.85. The van der Waals surface area contributed by atoms with Gasteiger partial charge in [0.05, 0.1) is 5.69 Å². The molecule has 0 aromatic carbocycles. The van der Waals surface area contributed by atoms with Gasteiger partial charge in [0.1, 0.15) is 22.9 Å². The van der Waals surface area contributed by atoms with Gasteiger partial charge >= 0.3 is 0 Å². The first-order valence-corrected chi connectivity index (χ1v) is 12.5. The predicted octanol–water partition coefficient (Wildman–Crippen LogP) is 3.25. The number of fused-ring (bicyclic) bond motifs is 2. The second-order valence-corrected chi connectivity index (χ2v) is 10.3. The van der Waals surface area contributed by atoms with Crippen molar-refractivity contribution in [1.82, 2.24) is 34.8 Å². The second-order valence-electron chi connectivity index (χ2n) is 9.32. The predicted molar refractivity (Wildman–Crippen MR) is 138 cm³/mol. The third kappa shape index (κ3) is 3.80. The van der Waals surface area contributed by atoms with Crippen molar-refractivity contribution in [2.24, 2.45) is 0 Å². The maximum absolute atomic E-state index is 9.91. The van der Waals surface area contributed by atoms with E-state index < -0.39 is 6.23 Å². The minimum Gasteiger partial charge on any atom is -0.377 e. The van der Waals surface area contributed by atoms with Crippen LogP contribution in [0.15, 0.2) is 24.8 Å². The molecule has 1 atom stereocenters. The molecule has 0 radical (unpaired) electrons. The van der Waals surface area contributed by atoms with Crippen LogP contribution in [-0.4, -0.2) is 74.0 Å². The third-order valence-electron chi connectivity index (χ3n) is 6.77. The molecule has 1 aliphatic heterocycles. The third-order valence-corrected chi connectivity index (χ3v) is 7.77. The lowest BCUT2D eigenvalue weighted by molar-refractivity contribution is 0.0933. The SMILES string of the molecule is C=C1CN(CC(O)NC)CCN1c1nc2c(C(C)C)c(-c3cn4ncnc4c(C)c3C)[nH]c2s1. The molecule has 1 aliphatic rings. The topological polar surface area (TPSA) is 97.6 Å². The van der Waals surface area contributed by atoms with Gasteiger partial charge in [-0.25, -0.2) is 14.5 Å². The van der Waals surface area contributed by atoms with Crippen molar-refractivity contribution in [3.63, 3.8) is 0 Å². The van der Waals surface area contributed by atoms with Gasteiger partial charge in [-0.2, -0.15) is 5.10 Å². The molecule has 4 aromatic heterocycles. The molecule has 9 nitrogen and oxygen atoms in total. The molecular formula is C24H32N8OS. The molecule has 5 heterocycles. The number of anilines is 1. The average Bonchev–Trinajstić information content (AvgIpc) is 3.50. The normalized spacial score (nSPS) is 16.4. The van der Waals surface area contributed by atoms with Gasteiger partial charge < -0.3 is 15.0 Å². The van der Waals surface area contributed by atoms with Gasteiger partial charge in [-0.15, -0.1) is 0 Å². The summed E-state index contributed by atoms with van der Waals surface area (Å²) in [7, 11) is 1.76. The zero-order chi connectivity index (χ0) is 24.1. The van der Waals surface area contributed by atoms with Gasteiger partial charge in [0.15, 0.2) is 10.8 Å². The van der Waals surface area contributed by atoms with Crippen LogP contribution in [-0.2, 0) is 0 Å². The number of aromatic nitrogens is 5. The highest BCUT2D eigenvalue weighted by Crippen LogP contribution is 2.41. The molecular weight excluding hydrogens is 448 g/mol. The number of H-pyrrole nitrogens is 1. The minimum atomic E-state index is -0.534. The maximum atomic E-state index is 9.91. The summed E-state index contributed by atoms with van der Waals surface area (Å²) in [5.41, 5.74) is 8.72. The van der Waals surface area contributed by atoms with Crippen molar-refractivity contribution >= 4 is 32.5 Å². The number of nitrogens with one attached hydrogen (secondary N) is 2. The molecule has 0 saturated carbocycles. The molecule has 180 valence electrons. The number of aryl methyl sites for hydroxylation is 1. The smallest absolute Gasteiger partial charge is 0.192 e. The molecule has 5 rings (SSSR count). The van der Waals surface area contributed by atoms with E-state index in [0.29, 0.717) is 19.0 Å². The first kappa shape index (κ1) is 23.0. The zero-order valence-electron chi connectivity index (χ0n) is 20.4. The van der Waals surface area contributed by atoms with Gasteiger partial charge in [-0.1, -0.05) is 31.8 Å². The Morgan fingerprint density at radius 2 is 2.06 bits per heavy atom. The van der Waals surface area contributed by atoms with Gasteiger partial charge in [0.25, 0.3) is 0 Å². The fourth-order valence-corrected chi connectivity index (χ4v) is 5.82. The number of thiazole rings is 1. The Morgan fingerprint density at radius 1 is 1.26 bits per heavy atom. The largest absolute Gasteiger partial charge is 0.377 e. The lowest BCUT2D eigenvalue weighted by Gasteiger charge is -2.36. The lowest BCUT2D eigenvalue weighted by atomic mass is 9.96. The van der Waals surface area contributed by atoms with Gasteiger partial charge in [0, 0.05) is 49.2 Å². The molecule has 34 heavy (non-hydrogen) atoms. The number of nitrogens with zero attached hydrogens (tertiary/aromatic N) is 6. The van der Waals surface area contributed by atoms with Crippen LogP contribution >= 0.6 is 11.3 Å². The number of likely N-dealkylation sites (N-methyl/N-ethyl adjacent to an activating group) is 1. The first-order valence-electron chi connectivity index (χ1n) is 11.6. The van der Waals surface area contributed by atoms with Crippen LogP contribution in [0.4, 0.5) is 5.13 Å². The number of aliphatic hydroxyl groups excluding tert-OH is 1. The van der Waals surface area contributed by atoms with E-state index >= 15 is 0 Å². The van der Waals surface area contributed by atoms with E-state index in [2.05, 4.69) is 70.7 Å². The van der Waals surface area contributed by atoms with E-state index in [9.17, 15) is 5.11 Å². The summed E-state index contributed by atoms with van der Waals surface area (Å²) in [6.45, 7) is 15.9.